The van der Waals surface area contributed by atoms with E-state index in [1.165, 1.54) is 0 Å². The smallest absolute Gasteiger partial charge is 0.329 e. The molecule has 0 fully saturated rings. The van der Waals surface area contributed by atoms with Gasteiger partial charge in [-0.15, -0.1) is 0 Å². The van der Waals surface area contributed by atoms with Crippen LogP contribution in [0.3, 0.4) is 0 Å². The minimum absolute atomic E-state index is 0.117. The first-order valence-electron chi connectivity index (χ1n) is 12.7. The van der Waals surface area contributed by atoms with Gasteiger partial charge in [-0.25, -0.2) is 14.8 Å². The predicted octanol–water partition coefficient (Wildman–Crippen LogP) is 5.48. The van der Waals surface area contributed by atoms with Crippen molar-refractivity contribution in [2.24, 2.45) is 0 Å². The molecule has 0 atom stereocenters. The first kappa shape index (κ1) is 29.1. The summed E-state index contributed by atoms with van der Waals surface area (Å²) in [6, 6.07) is 13.2. The van der Waals surface area contributed by atoms with Crippen LogP contribution in [0.4, 0.5) is 0 Å². The van der Waals surface area contributed by atoms with Gasteiger partial charge >= 0.3 is 5.97 Å². The van der Waals surface area contributed by atoms with Crippen LogP contribution < -0.4 is 10.1 Å². The molecule has 0 radical (unpaired) electrons. The highest BCUT2D eigenvalue weighted by atomic mass is 35.5. The summed E-state index contributed by atoms with van der Waals surface area (Å²) in [4.78, 5) is 36.2. The minimum atomic E-state index is -1.40. The fraction of sp³-hybridized carbons (Fsp3) is 0.379. The van der Waals surface area contributed by atoms with Crippen LogP contribution in [-0.2, 0) is 4.79 Å². The average Bonchev–Trinajstić information content (AvgIpc) is 2.90. The van der Waals surface area contributed by atoms with E-state index in [4.69, 9.17) is 16.3 Å². The lowest BCUT2D eigenvalue weighted by Crippen LogP contribution is -2.54. The number of carboxylic acids is 1. The van der Waals surface area contributed by atoms with Crippen LogP contribution in [0, 0.1) is 6.92 Å². The SMILES string of the molecule is CCC(CC)(NC(=O)c1ncc(-c2ccccc2C)c(-c2ccc(Cl)c(OCCCN(C)C)c2)n1)C(=O)O. The molecule has 0 bridgehead atoms. The zero-order chi connectivity index (χ0) is 27.9. The van der Waals surface area contributed by atoms with Crippen molar-refractivity contribution in [1.82, 2.24) is 20.2 Å². The van der Waals surface area contributed by atoms with Crippen LogP contribution in [0.25, 0.3) is 22.4 Å². The van der Waals surface area contributed by atoms with Crippen molar-refractivity contribution < 1.29 is 19.4 Å². The van der Waals surface area contributed by atoms with Gasteiger partial charge in [0.25, 0.3) is 5.91 Å². The summed E-state index contributed by atoms with van der Waals surface area (Å²) in [6.45, 7) is 6.81. The Morgan fingerprint density at radius 3 is 2.45 bits per heavy atom. The monoisotopic (exact) mass is 538 g/mol. The van der Waals surface area contributed by atoms with E-state index in [9.17, 15) is 14.7 Å². The average molecular weight is 539 g/mol. The molecule has 202 valence electrons. The Balaban J connectivity index is 2.07. The molecule has 1 aromatic heterocycles. The molecule has 0 saturated carbocycles. The maximum atomic E-state index is 13.2. The molecule has 0 saturated heterocycles. The zero-order valence-electron chi connectivity index (χ0n) is 22.5. The third-order valence-corrected chi connectivity index (χ3v) is 6.92. The normalized spacial score (nSPS) is 11.4. The Labute approximate surface area is 229 Å². The molecule has 38 heavy (non-hydrogen) atoms. The summed E-state index contributed by atoms with van der Waals surface area (Å²) < 4.78 is 5.97. The number of aromatic nitrogens is 2. The van der Waals surface area contributed by atoms with E-state index in [2.05, 4.69) is 20.2 Å². The van der Waals surface area contributed by atoms with Gasteiger partial charge in [-0.2, -0.15) is 0 Å². The molecule has 9 heteroatoms. The second-order valence-corrected chi connectivity index (χ2v) is 9.88. The lowest BCUT2D eigenvalue weighted by molar-refractivity contribution is -0.144. The number of amides is 1. The third-order valence-electron chi connectivity index (χ3n) is 6.61. The van der Waals surface area contributed by atoms with Gasteiger partial charge in [0.15, 0.2) is 0 Å². The number of nitrogens with zero attached hydrogens (tertiary/aromatic N) is 3. The van der Waals surface area contributed by atoms with E-state index in [1.807, 2.05) is 57.4 Å². The molecular weight excluding hydrogens is 504 g/mol. The van der Waals surface area contributed by atoms with E-state index >= 15 is 0 Å². The molecule has 8 nitrogen and oxygen atoms in total. The molecule has 0 spiro atoms. The van der Waals surface area contributed by atoms with Gasteiger partial charge in [-0.1, -0.05) is 55.8 Å². The van der Waals surface area contributed by atoms with E-state index in [-0.39, 0.29) is 18.7 Å². The summed E-state index contributed by atoms with van der Waals surface area (Å²) in [5.74, 6) is -1.34. The molecule has 1 heterocycles. The number of rotatable bonds is 12. The van der Waals surface area contributed by atoms with Crippen molar-refractivity contribution in [2.45, 2.75) is 45.6 Å². The molecule has 3 aromatic rings. The summed E-state index contributed by atoms with van der Waals surface area (Å²) >= 11 is 6.44. The van der Waals surface area contributed by atoms with Gasteiger partial charge in [0, 0.05) is 23.9 Å². The van der Waals surface area contributed by atoms with E-state index in [0.29, 0.717) is 28.6 Å². The maximum Gasteiger partial charge on any atom is 0.329 e. The highest BCUT2D eigenvalue weighted by Gasteiger charge is 2.37. The second kappa shape index (κ2) is 12.8. The summed E-state index contributed by atoms with van der Waals surface area (Å²) in [7, 11) is 4.01. The molecular formula is C29H35ClN4O4. The van der Waals surface area contributed by atoms with Crippen molar-refractivity contribution in [3.05, 3.63) is 65.1 Å². The quantitative estimate of drug-likeness (QED) is 0.294. The molecule has 0 aliphatic carbocycles. The number of ether oxygens (including phenoxy) is 1. The molecule has 0 aliphatic heterocycles. The molecule has 2 aromatic carbocycles. The number of hydrogen-bond donors (Lipinski definition) is 2. The van der Waals surface area contributed by atoms with E-state index in [0.717, 1.165) is 29.7 Å². The van der Waals surface area contributed by atoms with Crippen molar-refractivity contribution in [3.63, 3.8) is 0 Å². The Morgan fingerprint density at radius 1 is 1.11 bits per heavy atom. The predicted molar refractivity (Wildman–Crippen MR) is 150 cm³/mol. The third kappa shape index (κ3) is 6.68. The number of halogens is 1. The minimum Gasteiger partial charge on any atom is -0.492 e. The topological polar surface area (TPSA) is 105 Å². The first-order valence-corrected chi connectivity index (χ1v) is 13.1. The number of carbonyl (C=O) groups is 2. The van der Waals surface area contributed by atoms with Crippen molar-refractivity contribution in [1.29, 1.82) is 0 Å². The van der Waals surface area contributed by atoms with Crippen LogP contribution >= 0.6 is 11.6 Å². The second-order valence-electron chi connectivity index (χ2n) is 9.47. The van der Waals surface area contributed by atoms with Crippen LogP contribution in [0.5, 0.6) is 5.75 Å². The maximum absolute atomic E-state index is 13.2. The Hall–Kier alpha value is -3.49. The summed E-state index contributed by atoms with van der Waals surface area (Å²) in [5.41, 5.74) is 2.48. The molecule has 1 amide bonds. The van der Waals surface area contributed by atoms with Crippen LogP contribution in [0.15, 0.2) is 48.7 Å². The number of nitrogens with one attached hydrogen (secondary N) is 1. The number of hydrogen-bond acceptors (Lipinski definition) is 6. The fourth-order valence-electron chi connectivity index (χ4n) is 4.16. The number of benzene rings is 2. The van der Waals surface area contributed by atoms with Crippen LogP contribution in [0.2, 0.25) is 5.02 Å². The first-order chi connectivity index (χ1) is 18.1. The molecule has 2 N–H and O–H groups in total. The number of carboxylic acid groups (broad SMARTS) is 1. The van der Waals surface area contributed by atoms with Gasteiger partial charge in [-0.3, -0.25) is 4.79 Å². The summed E-state index contributed by atoms with van der Waals surface area (Å²) in [5, 5.41) is 12.9. The molecule has 0 unspecified atom stereocenters. The molecule has 3 rings (SSSR count). The zero-order valence-corrected chi connectivity index (χ0v) is 23.3. The van der Waals surface area contributed by atoms with Gasteiger partial charge in [0.05, 0.1) is 17.3 Å². The van der Waals surface area contributed by atoms with Gasteiger partial charge in [-0.05, 0) is 63.5 Å². The van der Waals surface area contributed by atoms with E-state index < -0.39 is 17.4 Å². The van der Waals surface area contributed by atoms with Gasteiger partial charge in [0.2, 0.25) is 5.82 Å². The Kier molecular flexibility index (Phi) is 9.83. The molecule has 0 aliphatic rings. The number of carbonyl (C=O) groups excluding carboxylic acids is 1. The van der Waals surface area contributed by atoms with Gasteiger partial charge < -0.3 is 20.1 Å². The van der Waals surface area contributed by atoms with Gasteiger partial charge in [0.1, 0.15) is 11.3 Å². The lowest BCUT2D eigenvalue weighted by Gasteiger charge is -2.27. The van der Waals surface area contributed by atoms with Crippen molar-refractivity contribution >= 4 is 23.5 Å². The highest BCUT2D eigenvalue weighted by molar-refractivity contribution is 6.32. The highest BCUT2D eigenvalue weighted by Crippen LogP contribution is 2.36. The Bertz CT molecular complexity index is 1290. The van der Waals surface area contributed by atoms with Crippen molar-refractivity contribution in [2.75, 3.05) is 27.2 Å². The van der Waals surface area contributed by atoms with E-state index in [1.54, 1.807) is 26.1 Å². The number of aryl methyl sites for hydroxylation is 1. The van der Waals surface area contributed by atoms with Crippen molar-refractivity contribution in [3.8, 4) is 28.1 Å². The fourth-order valence-corrected chi connectivity index (χ4v) is 4.34. The van der Waals surface area contributed by atoms with Crippen LogP contribution in [0.1, 0.15) is 49.3 Å². The largest absolute Gasteiger partial charge is 0.492 e. The van der Waals surface area contributed by atoms with Crippen LogP contribution in [-0.4, -0.2) is 64.6 Å². The standard InChI is InChI=1S/C29H35ClN4O4/c1-6-29(7-2,28(36)37)33-27(35)26-31-18-22(21-12-9-8-11-19(21)3)25(32-26)20-13-14-23(30)24(17-20)38-16-10-15-34(4)5/h8-9,11-14,17-18H,6-7,10,15-16H2,1-5H3,(H,33,35)(H,36,37). The number of aliphatic carboxylic acids is 1. The summed E-state index contributed by atoms with van der Waals surface area (Å²) in [6.07, 6.45) is 2.89. The lowest BCUT2D eigenvalue weighted by atomic mass is 9.93. The Morgan fingerprint density at radius 2 is 1.82 bits per heavy atom.